The lowest BCUT2D eigenvalue weighted by Gasteiger charge is -2.07. The highest BCUT2D eigenvalue weighted by molar-refractivity contribution is 7.89. The van der Waals surface area contributed by atoms with Gasteiger partial charge in [0.25, 0.3) is 0 Å². The molecule has 3 N–H and O–H groups in total. The Balaban J connectivity index is 1.67. The van der Waals surface area contributed by atoms with Crippen LogP contribution < -0.4 is 20.3 Å². The molecule has 142 valence electrons. The fourth-order valence-corrected chi connectivity index (χ4v) is 3.72. The van der Waals surface area contributed by atoms with Gasteiger partial charge >= 0.3 is 5.69 Å². The highest BCUT2D eigenvalue weighted by Crippen LogP contribution is 2.39. The Morgan fingerprint density at radius 1 is 1.14 bits per heavy atom. The van der Waals surface area contributed by atoms with Crippen LogP contribution in [-0.2, 0) is 16.6 Å². The highest BCUT2D eigenvalue weighted by Gasteiger charge is 2.21. The first-order valence-corrected chi connectivity index (χ1v) is 9.74. The Morgan fingerprint density at radius 3 is 2.75 bits per heavy atom. The number of ether oxygens (including phenoxy) is 2. The summed E-state index contributed by atoms with van der Waals surface area (Å²) in [5, 5.41) is 5.81. The molecule has 0 atom stereocenters. The third-order valence-electron chi connectivity index (χ3n) is 4.55. The third-order valence-corrected chi connectivity index (χ3v) is 5.45. The number of imidazole rings is 1. The van der Waals surface area contributed by atoms with Gasteiger partial charge in [-0.05, 0) is 24.3 Å². The molecule has 1 aliphatic rings. The lowest BCUT2D eigenvalue weighted by atomic mass is 10.1. The van der Waals surface area contributed by atoms with E-state index in [1.165, 1.54) is 22.9 Å². The van der Waals surface area contributed by atoms with Gasteiger partial charge in [-0.3, -0.25) is 9.55 Å². The molecular weight excluding hydrogens is 386 g/mol. The normalized spacial score (nSPS) is 13.5. The molecule has 0 saturated carbocycles. The second kappa shape index (κ2) is 5.78. The molecule has 0 saturated heterocycles. The number of rotatable bonds is 3. The molecule has 0 amide bonds. The van der Waals surface area contributed by atoms with Gasteiger partial charge in [0.15, 0.2) is 11.5 Å². The van der Waals surface area contributed by atoms with Gasteiger partial charge in [0.1, 0.15) is 10.4 Å². The monoisotopic (exact) mass is 399 g/mol. The molecule has 3 aromatic heterocycles. The first-order valence-electron chi connectivity index (χ1n) is 8.19. The van der Waals surface area contributed by atoms with Gasteiger partial charge in [-0.2, -0.15) is 0 Å². The minimum absolute atomic E-state index is 0.0927. The van der Waals surface area contributed by atoms with Crippen molar-refractivity contribution in [2.45, 2.75) is 11.4 Å². The van der Waals surface area contributed by atoms with Crippen LogP contribution >= 0.6 is 0 Å². The Hall–Kier alpha value is -3.44. The van der Waals surface area contributed by atoms with E-state index in [4.69, 9.17) is 14.6 Å². The maximum Gasteiger partial charge on any atom is 0.326 e. The Labute approximate surface area is 157 Å². The second-order valence-corrected chi connectivity index (χ2v) is 7.82. The summed E-state index contributed by atoms with van der Waals surface area (Å²) in [6.45, 7) is 0.256. The zero-order chi connectivity index (χ0) is 19.5. The molecule has 4 aromatic rings. The van der Waals surface area contributed by atoms with Gasteiger partial charge in [-0.1, -0.05) is 0 Å². The largest absolute Gasteiger partial charge is 0.454 e. The first-order chi connectivity index (χ1) is 13.4. The van der Waals surface area contributed by atoms with Crippen molar-refractivity contribution in [3.8, 4) is 11.5 Å². The average molecular weight is 399 g/mol. The number of hydrogen-bond donors (Lipinski definition) is 2. The number of primary sulfonamides is 1. The minimum Gasteiger partial charge on any atom is -0.454 e. The Bertz CT molecular complexity index is 1410. The fraction of sp³-hybridized carbons (Fsp3) is 0.118. The number of nitrogens with one attached hydrogen (secondary N) is 1. The summed E-state index contributed by atoms with van der Waals surface area (Å²) in [7, 11) is -3.83. The van der Waals surface area contributed by atoms with E-state index < -0.39 is 10.0 Å². The standard InChI is InChI=1S/C17H13N5O5S/c18-28(24,25)10-2-1-9(19-5-10)7-22-15-11-3-4-13-16(27-8-26-13)14(11)20-6-12(15)21-17(22)23/h1-6H,7-8H2,(H,21,23)(H2,18,24,25). The summed E-state index contributed by atoms with van der Waals surface area (Å²) in [5.74, 6) is 1.14. The van der Waals surface area contributed by atoms with Gasteiger partial charge < -0.3 is 14.5 Å². The highest BCUT2D eigenvalue weighted by atomic mass is 32.2. The summed E-state index contributed by atoms with van der Waals surface area (Å²) in [5.41, 5.74) is 1.97. The zero-order valence-electron chi connectivity index (χ0n) is 14.2. The van der Waals surface area contributed by atoms with E-state index in [-0.39, 0.29) is 23.9 Å². The molecule has 0 unspecified atom stereocenters. The van der Waals surface area contributed by atoms with E-state index in [1.54, 1.807) is 12.3 Å². The van der Waals surface area contributed by atoms with Crippen molar-refractivity contribution in [2.75, 3.05) is 6.79 Å². The van der Waals surface area contributed by atoms with Crippen molar-refractivity contribution in [3.05, 3.63) is 52.8 Å². The zero-order valence-corrected chi connectivity index (χ0v) is 15.1. The van der Waals surface area contributed by atoms with Gasteiger partial charge in [-0.25, -0.2) is 23.3 Å². The van der Waals surface area contributed by atoms with Crippen LogP contribution in [0.1, 0.15) is 5.69 Å². The Morgan fingerprint density at radius 2 is 2.00 bits per heavy atom. The number of aromatic amines is 1. The maximum absolute atomic E-state index is 12.5. The van der Waals surface area contributed by atoms with Crippen LogP contribution in [0, 0.1) is 0 Å². The fourth-order valence-electron chi connectivity index (χ4n) is 3.26. The van der Waals surface area contributed by atoms with Gasteiger partial charge in [0, 0.05) is 11.6 Å². The molecule has 1 aromatic carbocycles. The van der Waals surface area contributed by atoms with Crippen LogP contribution in [0.25, 0.3) is 21.9 Å². The van der Waals surface area contributed by atoms with Crippen LogP contribution in [0.2, 0.25) is 0 Å². The smallest absolute Gasteiger partial charge is 0.326 e. The number of sulfonamides is 1. The van der Waals surface area contributed by atoms with E-state index in [2.05, 4.69) is 15.0 Å². The van der Waals surface area contributed by atoms with E-state index in [9.17, 15) is 13.2 Å². The molecule has 11 heteroatoms. The lowest BCUT2D eigenvalue weighted by molar-refractivity contribution is 0.174. The molecule has 0 aliphatic carbocycles. The molecule has 0 bridgehead atoms. The first kappa shape index (κ1) is 16.7. The molecule has 10 nitrogen and oxygen atoms in total. The molecule has 0 fully saturated rings. The number of H-pyrrole nitrogens is 1. The number of pyridine rings is 2. The van der Waals surface area contributed by atoms with E-state index in [0.29, 0.717) is 33.7 Å². The topological polar surface area (TPSA) is 142 Å². The summed E-state index contributed by atoms with van der Waals surface area (Å²) in [6.07, 6.45) is 2.73. The van der Waals surface area contributed by atoms with Crippen molar-refractivity contribution in [1.29, 1.82) is 0 Å². The number of nitrogens with zero attached hydrogens (tertiary/aromatic N) is 3. The third kappa shape index (κ3) is 2.52. The number of fused-ring (bicyclic) bond motifs is 5. The Kier molecular flexibility index (Phi) is 3.45. The van der Waals surface area contributed by atoms with E-state index in [1.807, 2.05) is 6.07 Å². The molecule has 0 spiro atoms. The quantitative estimate of drug-likeness (QED) is 0.516. The number of hydrogen-bond acceptors (Lipinski definition) is 7. The molecule has 5 rings (SSSR count). The minimum atomic E-state index is -3.83. The van der Waals surface area contributed by atoms with E-state index in [0.717, 1.165) is 5.39 Å². The van der Waals surface area contributed by atoms with Crippen molar-refractivity contribution in [1.82, 2.24) is 19.5 Å². The molecule has 28 heavy (non-hydrogen) atoms. The van der Waals surface area contributed by atoms with Crippen LogP contribution in [0.3, 0.4) is 0 Å². The molecule has 1 aliphatic heterocycles. The van der Waals surface area contributed by atoms with Gasteiger partial charge in [-0.15, -0.1) is 0 Å². The average Bonchev–Trinajstić information content (AvgIpc) is 3.26. The molecule has 0 radical (unpaired) electrons. The summed E-state index contributed by atoms with van der Waals surface area (Å²) < 4.78 is 35.2. The maximum atomic E-state index is 12.5. The number of benzene rings is 1. The van der Waals surface area contributed by atoms with Gasteiger partial charge in [0.2, 0.25) is 16.8 Å². The van der Waals surface area contributed by atoms with Crippen molar-refractivity contribution < 1.29 is 17.9 Å². The number of nitrogens with two attached hydrogens (primary N) is 1. The van der Waals surface area contributed by atoms with Crippen molar-refractivity contribution in [2.24, 2.45) is 5.14 Å². The predicted molar refractivity (Wildman–Crippen MR) is 98.7 cm³/mol. The lowest BCUT2D eigenvalue weighted by Crippen LogP contribution is -2.18. The van der Waals surface area contributed by atoms with Crippen LogP contribution in [0.5, 0.6) is 11.5 Å². The second-order valence-electron chi connectivity index (χ2n) is 6.26. The molecule has 4 heterocycles. The number of aromatic nitrogens is 4. The SMILES string of the molecule is NS(=O)(=O)c1ccc(Cn2c(=O)[nH]c3cnc4c5c(ccc4c32)OCO5)nc1. The molecular formula is C17H13N5O5S. The summed E-state index contributed by atoms with van der Waals surface area (Å²) >= 11 is 0. The van der Waals surface area contributed by atoms with Crippen molar-refractivity contribution >= 4 is 32.0 Å². The van der Waals surface area contributed by atoms with E-state index >= 15 is 0 Å². The van der Waals surface area contributed by atoms with Gasteiger partial charge in [0.05, 0.1) is 29.5 Å². The van der Waals surface area contributed by atoms with Crippen molar-refractivity contribution in [3.63, 3.8) is 0 Å². The summed E-state index contributed by atoms with van der Waals surface area (Å²) in [4.78, 5) is 23.7. The van der Waals surface area contributed by atoms with Crippen LogP contribution in [0.4, 0.5) is 0 Å². The van der Waals surface area contributed by atoms with Crippen LogP contribution in [0.15, 0.2) is 46.3 Å². The predicted octanol–water partition coefficient (Wildman–Crippen LogP) is 0.697. The van der Waals surface area contributed by atoms with Crippen LogP contribution in [-0.4, -0.2) is 34.7 Å². The summed E-state index contributed by atoms with van der Waals surface area (Å²) in [6, 6.07) is 6.46.